The standard InChI is InChI=1S/C15H13F3N2O4/c1-10(2)6-5-9-19-12-8-4-3-7-11(12)14(20(22)23,15(16,17)18)24-13(19)21/h3-4,7-8,10H,6H2,1-2H3. The SMILES string of the molecule is CC(C)CC#CN1C(=O)OC([N+](=O)[O-])(C(F)(F)F)c2ccccc21. The number of hydrogen-bond donors (Lipinski definition) is 0. The monoisotopic (exact) mass is 342 g/mol. The molecule has 6 nitrogen and oxygen atoms in total. The average Bonchev–Trinajstić information content (AvgIpc) is 2.47. The summed E-state index contributed by atoms with van der Waals surface area (Å²) in [5.41, 5.74) is -5.06. The Morgan fingerprint density at radius 3 is 2.54 bits per heavy atom. The van der Waals surface area contributed by atoms with E-state index in [-0.39, 0.29) is 11.6 Å². The van der Waals surface area contributed by atoms with Crippen LogP contribution in [0.2, 0.25) is 0 Å². The highest BCUT2D eigenvalue weighted by molar-refractivity contribution is 5.94. The van der Waals surface area contributed by atoms with Gasteiger partial charge in [-0.1, -0.05) is 31.9 Å². The van der Waals surface area contributed by atoms with Crippen LogP contribution in [0.4, 0.5) is 23.7 Å². The first-order valence-corrected chi connectivity index (χ1v) is 6.93. The van der Waals surface area contributed by atoms with Gasteiger partial charge in [0.05, 0.1) is 10.6 Å². The van der Waals surface area contributed by atoms with Gasteiger partial charge in [0.1, 0.15) is 5.56 Å². The molecule has 1 atom stereocenters. The number of anilines is 1. The number of halogens is 3. The molecule has 0 N–H and O–H groups in total. The van der Waals surface area contributed by atoms with Crippen molar-refractivity contribution in [1.29, 1.82) is 0 Å². The van der Waals surface area contributed by atoms with Crippen LogP contribution in [0.25, 0.3) is 0 Å². The lowest BCUT2D eigenvalue weighted by Gasteiger charge is -2.34. The molecular formula is C15H13F3N2O4. The number of fused-ring (bicyclic) bond motifs is 1. The molecular weight excluding hydrogens is 329 g/mol. The zero-order valence-electron chi connectivity index (χ0n) is 12.8. The molecule has 128 valence electrons. The van der Waals surface area contributed by atoms with Crippen molar-refractivity contribution in [2.45, 2.75) is 32.2 Å². The van der Waals surface area contributed by atoms with Gasteiger partial charge in [0.15, 0.2) is 0 Å². The van der Waals surface area contributed by atoms with Crippen LogP contribution in [-0.4, -0.2) is 17.2 Å². The van der Waals surface area contributed by atoms with Crippen molar-refractivity contribution in [3.63, 3.8) is 0 Å². The van der Waals surface area contributed by atoms with Crippen molar-refractivity contribution in [2.24, 2.45) is 5.92 Å². The van der Waals surface area contributed by atoms with Crippen molar-refractivity contribution in [3.05, 3.63) is 39.9 Å². The van der Waals surface area contributed by atoms with E-state index in [1.165, 1.54) is 12.1 Å². The Morgan fingerprint density at radius 2 is 2.00 bits per heavy atom. The Labute approximate surface area is 135 Å². The van der Waals surface area contributed by atoms with Crippen molar-refractivity contribution >= 4 is 11.8 Å². The molecule has 0 aromatic heterocycles. The van der Waals surface area contributed by atoms with E-state index in [4.69, 9.17) is 0 Å². The Hall–Kier alpha value is -2.76. The average molecular weight is 342 g/mol. The van der Waals surface area contributed by atoms with Gasteiger partial charge in [-0.15, -0.1) is 0 Å². The topological polar surface area (TPSA) is 72.7 Å². The molecule has 0 fully saturated rings. The number of rotatable bonds is 2. The molecule has 1 aromatic rings. The number of carbonyl (C=O) groups excluding carboxylic acids is 1. The first-order valence-electron chi connectivity index (χ1n) is 6.93. The third-order valence-electron chi connectivity index (χ3n) is 3.27. The molecule has 1 aliphatic heterocycles. The second-order valence-electron chi connectivity index (χ2n) is 5.51. The molecule has 1 unspecified atom stereocenters. The Bertz CT molecular complexity index is 736. The summed E-state index contributed by atoms with van der Waals surface area (Å²) < 4.78 is 44.5. The second kappa shape index (κ2) is 6.03. The van der Waals surface area contributed by atoms with E-state index >= 15 is 0 Å². The van der Waals surface area contributed by atoms with Gasteiger partial charge in [-0.25, -0.2) is 9.69 Å². The fraction of sp³-hybridized carbons (Fsp3) is 0.400. The fourth-order valence-corrected chi connectivity index (χ4v) is 2.16. The zero-order valence-corrected chi connectivity index (χ0v) is 12.8. The van der Waals surface area contributed by atoms with E-state index in [0.717, 1.165) is 12.1 Å². The maximum absolute atomic E-state index is 13.4. The lowest BCUT2D eigenvalue weighted by Crippen LogP contribution is -2.57. The third-order valence-corrected chi connectivity index (χ3v) is 3.27. The first kappa shape index (κ1) is 17.6. The van der Waals surface area contributed by atoms with E-state index in [1.54, 1.807) is 0 Å². The summed E-state index contributed by atoms with van der Waals surface area (Å²) in [6, 6.07) is 7.01. The predicted octanol–water partition coefficient (Wildman–Crippen LogP) is 3.64. The van der Waals surface area contributed by atoms with Gasteiger partial charge in [-0.2, -0.15) is 13.2 Å². The van der Waals surface area contributed by atoms with Crippen LogP contribution >= 0.6 is 0 Å². The molecule has 0 saturated heterocycles. The van der Waals surface area contributed by atoms with Gasteiger partial charge in [-0.05, 0) is 18.1 Å². The highest BCUT2D eigenvalue weighted by Gasteiger charge is 2.74. The number of nitrogens with zero attached hydrogens (tertiary/aromatic N) is 2. The number of nitro groups is 1. The summed E-state index contributed by atoms with van der Waals surface area (Å²) in [6.45, 7) is 3.75. The molecule has 0 spiro atoms. The summed E-state index contributed by atoms with van der Waals surface area (Å²) >= 11 is 0. The van der Waals surface area contributed by atoms with Crippen LogP contribution in [0.5, 0.6) is 0 Å². The Morgan fingerprint density at radius 1 is 1.38 bits per heavy atom. The van der Waals surface area contributed by atoms with Gasteiger partial charge >= 0.3 is 18.0 Å². The summed E-state index contributed by atoms with van der Waals surface area (Å²) in [4.78, 5) is 22.2. The highest BCUT2D eigenvalue weighted by Crippen LogP contribution is 2.49. The van der Waals surface area contributed by atoms with Crippen molar-refractivity contribution in [1.82, 2.24) is 0 Å². The Kier molecular flexibility index (Phi) is 4.42. The lowest BCUT2D eigenvalue weighted by molar-refractivity contribution is -0.675. The molecule has 0 saturated carbocycles. The lowest BCUT2D eigenvalue weighted by atomic mass is 9.98. The number of alkyl halides is 3. The smallest absolute Gasteiger partial charge is 0.367 e. The molecule has 0 aliphatic carbocycles. The van der Waals surface area contributed by atoms with Gasteiger partial charge in [0.25, 0.3) is 0 Å². The number of cyclic esters (lactones) is 1. The molecule has 1 amide bonds. The molecule has 2 rings (SSSR count). The number of para-hydroxylation sites is 1. The van der Waals surface area contributed by atoms with Gasteiger partial charge in [0.2, 0.25) is 0 Å². The quantitative estimate of drug-likeness (QED) is 0.467. The van der Waals surface area contributed by atoms with E-state index in [9.17, 15) is 28.1 Å². The second-order valence-corrected chi connectivity index (χ2v) is 5.51. The number of carbonyl (C=O) groups is 1. The summed E-state index contributed by atoms with van der Waals surface area (Å²) in [7, 11) is 0. The summed E-state index contributed by atoms with van der Waals surface area (Å²) in [5.74, 6) is 2.83. The fourth-order valence-electron chi connectivity index (χ4n) is 2.16. The summed E-state index contributed by atoms with van der Waals surface area (Å²) in [5, 5.41) is 11.2. The Balaban J connectivity index is 2.64. The zero-order chi connectivity index (χ0) is 18.1. The van der Waals surface area contributed by atoms with Crippen LogP contribution < -0.4 is 4.90 Å². The number of ether oxygens (including phenoxy) is 1. The number of benzene rings is 1. The van der Waals surface area contributed by atoms with Crippen LogP contribution in [-0.2, 0) is 10.5 Å². The van der Waals surface area contributed by atoms with Gasteiger partial charge in [-0.3, -0.25) is 10.1 Å². The van der Waals surface area contributed by atoms with E-state index in [1.807, 2.05) is 13.8 Å². The van der Waals surface area contributed by atoms with Crippen LogP contribution in [0.3, 0.4) is 0 Å². The van der Waals surface area contributed by atoms with Crippen molar-refractivity contribution in [2.75, 3.05) is 4.90 Å². The largest absolute Gasteiger partial charge is 0.508 e. The molecule has 1 aliphatic rings. The molecule has 9 heteroatoms. The van der Waals surface area contributed by atoms with E-state index in [2.05, 4.69) is 16.7 Å². The van der Waals surface area contributed by atoms with Gasteiger partial charge in [0, 0.05) is 12.5 Å². The highest BCUT2D eigenvalue weighted by atomic mass is 19.4. The number of amides is 1. The van der Waals surface area contributed by atoms with Crippen LogP contribution in [0, 0.1) is 28.0 Å². The third kappa shape index (κ3) is 2.75. The van der Waals surface area contributed by atoms with Crippen molar-refractivity contribution < 1.29 is 27.6 Å². The molecule has 1 aromatic carbocycles. The van der Waals surface area contributed by atoms with E-state index in [0.29, 0.717) is 11.3 Å². The normalized spacial score (nSPS) is 20.1. The maximum atomic E-state index is 13.4. The molecule has 24 heavy (non-hydrogen) atoms. The predicted molar refractivity (Wildman–Crippen MR) is 77.4 cm³/mol. The van der Waals surface area contributed by atoms with Crippen LogP contribution in [0.15, 0.2) is 24.3 Å². The minimum Gasteiger partial charge on any atom is -0.367 e. The van der Waals surface area contributed by atoms with E-state index < -0.39 is 28.5 Å². The number of hydrogen-bond acceptors (Lipinski definition) is 4. The minimum atomic E-state index is -5.43. The molecule has 0 radical (unpaired) electrons. The van der Waals surface area contributed by atoms with Gasteiger partial charge < -0.3 is 4.74 Å². The minimum absolute atomic E-state index is 0.182. The van der Waals surface area contributed by atoms with Crippen LogP contribution in [0.1, 0.15) is 25.8 Å². The first-order chi connectivity index (χ1) is 11.1. The molecule has 1 heterocycles. The van der Waals surface area contributed by atoms with Crippen molar-refractivity contribution in [3.8, 4) is 12.0 Å². The maximum Gasteiger partial charge on any atom is 0.508 e. The molecule has 0 bridgehead atoms. The summed E-state index contributed by atoms with van der Waals surface area (Å²) in [6.07, 6.45) is -6.58.